The Morgan fingerprint density at radius 3 is 2.58 bits per heavy atom. The third kappa shape index (κ3) is 5.30. The van der Waals surface area contributed by atoms with Crippen molar-refractivity contribution < 1.29 is 22.7 Å². The molecule has 2 amide bonds. The van der Waals surface area contributed by atoms with Crippen LogP contribution in [0.2, 0.25) is 0 Å². The van der Waals surface area contributed by atoms with E-state index in [-0.39, 0.29) is 24.0 Å². The van der Waals surface area contributed by atoms with Crippen LogP contribution >= 0.6 is 0 Å². The van der Waals surface area contributed by atoms with Gasteiger partial charge < -0.3 is 20.7 Å². The Hall–Kier alpha value is -2.95. The van der Waals surface area contributed by atoms with Gasteiger partial charge in [0.05, 0.1) is 24.0 Å². The van der Waals surface area contributed by atoms with Crippen LogP contribution in [0.4, 0.5) is 0 Å². The molecule has 0 spiro atoms. The van der Waals surface area contributed by atoms with Crippen LogP contribution in [0.1, 0.15) is 61.3 Å². The van der Waals surface area contributed by atoms with Crippen molar-refractivity contribution in [3.63, 3.8) is 0 Å². The number of sulfone groups is 1. The van der Waals surface area contributed by atoms with Crippen LogP contribution in [-0.4, -0.2) is 50.8 Å². The predicted octanol–water partition coefficient (Wildman–Crippen LogP) is 2.25. The van der Waals surface area contributed by atoms with E-state index in [1.165, 1.54) is 37.8 Å². The SMILES string of the molecule is Cc1ccc(S(=O)(=O)[C@@]2(CC(=O)N[C@@H]3CCOc4cc(CNC5CCCC5)ccc43)NCCNC2=O)cc1. The van der Waals surface area contributed by atoms with Crippen molar-refractivity contribution in [3.05, 3.63) is 59.2 Å². The average Bonchev–Trinajstić information content (AvgIpc) is 3.43. The zero-order chi connectivity index (χ0) is 26.8. The van der Waals surface area contributed by atoms with Crippen LogP contribution in [0.15, 0.2) is 47.4 Å². The number of carbonyl (C=O) groups excluding carboxylic acids is 2. The highest BCUT2D eigenvalue weighted by molar-refractivity contribution is 7.93. The first-order valence-corrected chi connectivity index (χ1v) is 14.9. The fraction of sp³-hybridized carbons (Fsp3) is 0.500. The second-order valence-electron chi connectivity index (χ2n) is 10.5. The van der Waals surface area contributed by atoms with Gasteiger partial charge in [-0.05, 0) is 43.5 Å². The molecule has 2 atom stereocenters. The Balaban J connectivity index is 1.32. The lowest BCUT2D eigenvalue weighted by Crippen LogP contribution is -2.68. The van der Waals surface area contributed by atoms with Crippen molar-refractivity contribution in [2.45, 2.75) is 73.8 Å². The molecule has 1 aliphatic carbocycles. The van der Waals surface area contributed by atoms with Gasteiger partial charge in [0, 0.05) is 37.7 Å². The minimum atomic E-state index is -4.22. The summed E-state index contributed by atoms with van der Waals surface area (Å²) in [4.78, 5) is 24.3. The first-order valence-electron chi connectivity index (χ1n) is 13.4. The van der Waals surface area contributed by atoms with E-state index in [1.807, 2.05) is 25.1 Å². The number of piperazine rings is 1. The molecule has 204 valence electrons. The maximum atomic E-state index is 13.7. The molecule has 0 bridgehead atoms. The number of amides is 2. The molecule has 1 saturated heterocycles. The highest BCUT2D eigenvalue weighted by Crippen LogP contribution is 2.34. The molecule has 2 aromatic carbocycles. The van der Waals surface area contributed by atoms with E-state index in [0.717, 1.165) is 29.0 Å². The highest BCUT2D eigenvalue weighted by atomic mass is 32.2. The zero-order valence-corrected chi connectivity index (χ0v) is 22.5. The number of ether oxygens (including phenoxy) is 1. The quantitative estimate of drug-likeness (QED) is 0.405. The second-order valence-corrected chi connectivity index (χ2v) is 12.7. The summed E-state index contributed by atoms with van der Waals surface area (Å²) in [6, 6.07) is 12.5. The summed E-state index contributed by atoms with van der Waals surface area (Å²) in [6.07, 6.45) is 4.99. The van der Waals surface area contributed by atoms with Crippen LogP contribution in [0, 0.1) is 6.92 Å². The highest BCUT2D eigenvalue weighted by Gasteiger charge is 2.54. The van der Waals surface area contributed by atoms with E-state index < -0.39 is 32.9 Å². The van der Waals surface area contributed by atoms with Gasteiger partial charge >= 0.3 is 0 Å². The van der Waals surface area contributed by atoms with Gasteiger partial charge in [-0.15, -0.1) is 0 Å². The van der Waals surface area contributed by atoms with Crippen molar-refractivity contribution in [2.75, 3.05) is 19.7 Å². The van der Waals surface area contributed by atoms with Gasteiger partial charge in [-0.1, -0.05) is 42.7 Å². The number of nitrogens with one attached hydrogen (secondary N) is 4. The van der Waals surface area contributed by atoms with Crippen molar-refractivity contribution in [2.24, 2.45) is 0 Å². The lowest BCUT2D eigenvalue weighted by molar-refractivity contribution is -0.131. The third-order valence-electron chi connectivity index (χ3n) is 7.79. The number of rotatable bonds is 8. The van der Waals surface area contributed by atoms with Crippen molar-refractivity contribution in [3.8, 4) is 5.75 Å². The summed E-state index contributed by atoms with van der Waals surface area (Å²) in [5.41, 5.74) is 2.87. The van der Waals surface area contributed by atoms with Gasteiger partial charge in [-0.25, -0.2) is 8.42 Å². The maximum absolute atomic E-state index is 13.7. The molecule has 0 unspecified atom stereocenters. The van der Waals surface area contributed by atoms with E-state index in [2.05, 4.69) is 21.3 Å². The largest absolute Gasteiger partial charge is 0.493 e. The summed E-state index contributed by atoms with van der Waals surface area (Å²) >= 11 is 0. The molecule has 2 aliphatic heterocycles. The van der Waals surface area contributed by atoms with E-state index >= 15 is 0 Å². The normalized spacial score (nSPS) is 23.8. The first-order chi connectivity index (χ1) is 18.3. The van der Waals surface area contributed by atoms with Gasteiger partial charge in [0.1, 0.15) is 5.75 Å². The molecule has 0 aromatic heterocycles. The second kappa shape index (κ2) is 11.0. The van der Waals surface area contributed by atoms with Crippen LogP contribution < -0.4 is 26.0 Å². The number of hydrogen-bond donors (Lipinski definition) is 4. The third-order valence-corrected chi connectivity index (χ3v) is 10.1. The van der Waals surface area contributed by atoms with Gasteiger partial charge in [0.2, 0.25) is 20.6 Å². The summed E-state index contributed by atoms with van der Waals surface area (Å²) in [5.74, 6) is -0.510. The molecular weight excluding hydrogens is 504 g/mol. The van der Waals surface area contributed by atoms with Crippen molar-refractivity contribution in [1.82, 2.24) is 21.3 Å². The van der Waals surface area contributed by atoms with Gasteiger partial charge in [-0.2, -0.15) is 0 Å². The van der Waals surface area contributed by atoms with Crippen LogP contribution in [0.3, 0.4) is 0 Å². The Morgan fingerprint density at radius 2 is 1.84 bits per heavy atom. The fourth-order valence-corrected chi connectivity index (χ4v) is 7.42. The summed E-state index contributed by atoms with van der Waals surface area (Å²) in [5, 5.41) is 12.1. The average molecular weight is 541 g/mol. The van der Waals surface area contributed by atoms with Crippen molar-refractivity contribution in [1.29, 1.82) is 0 Å². The molecular formula is C28H36N4O5S. The predicted molar refractivity (Wildman–Crippen MR) is 143 cm³/mol. The molecule has 2 fully saturated rings. The first kappa shape index (κ1) is 26.6. The summed E-state index contributed by atoms with van der Waals surface area (Å²) in [6.45, 7) is 3.58. The summed E-state index contributed by atoms with van der Waals surface area (Å²) in [7, 11) is -4.22. The summed E-state index contributed by atoms with van der Waals surface area (Å²) < 4.78 is 33.3. The molecule has 2 heterocycles. The number of benzene rings is 2. The number of carbonyl (C=O) groups is 2. The smallest absolute Gasteiger partial charge is 0.257 e. The van der Waals surface area contributed by atoms with Crippen LogP contribution in [-0.2, 0) is 26.0 Å². The molecule has 0 radical (unpaired) electrons. The fourth-order valence-electron chi connectivity index (χ4n) is 5.59. The van der Waals surface area contributed by atoms with Gasteiger partial charge in [-0.3, -0.25) is 14.9 Å². The monoisotopic (exact) mass is 540 g/mol. The molecule has 38 heavy (non-hydrogen) atoms. The standard InChI is InChI=1S/C28H36N4O5S/c1-19-6-9-22(10-7-19)38(35,36)28(27(34)29-13-14-31-28)17-26(33)32-24-12-15-37-25-16-20(8-11-23(24)25)18-30-21-4-2-3-5-21/h6-11,16,21,24,30-31H,2-5,12-15,17-18H2,1H3,(H,29,34)(H,32,33)/t24-,28-/m1/s1. The van der Waals surface area contributed by atoms with E-state index in [4.69, 9.17) is 4.74 Å². The Bertz CT molecular complexity index is 1290. The Kier molecular flexibility index (Phi) is 7.74. The van der Waals surface area contributed by atoms with E-state index in [9.17, 15) is 18.0 Å². The van der Waals surface area contributed by atoms with E-state index in [0.29, 0.717) is 19.1 Å². The maximum Gasteiger partial charge on any atom is 0.257 e. The van der Waals surface area contributed by atoms with Crippen molar-refractivity contribution >= 4 is 21.7 Å². The number of hydrogen-bond acceptors (Lipinski definition) is 7. The van der Waals surface area contributed by atoms with Crippen LogP contribution in [0.5, 0.6) is 5.75 Å². The molecule has 10 heteroatoms. The minimum Gasteiger partial charge on any atom is -0.493 e. The Morgan fingerprint density at radius 1 is 1.08 bits per heavy atom. The number of fused-ring (bicyclic) bond motifs is 1. The van der Waals surface area contributed by atoms with Gasteiger partial charge in [0.25, 0.3) is 5.91 Å². The number of aryl methyl sites for hydroxylation is 1. The molecule has 3 aliphatic rings. The molecule has 1 saturated carbocycles. The topological polar surface area (TPSA) is 126 Å². The molecule has 9 nitrogen and oxygen atoms in total. The molecule has 2 aromatic rings. The lowest BCUT2D eigenvalue weighted by atomic mass is 9.98. The Labute approximate surface area is 224 Å². The molecule has 5 rings (SSSR count). The lowest BCUT2D eigenvalue weighted by Gasteiger charge is -2.36. The van der Waals surface area contributed by atoms with E-state index in [1.54, 1.807) is 12.1 Å². The molecule has 4 N–H and O–H groups in total. The zero-order valence-electron chi connectivity index (χ0n) is 21.7. The van der Waals surface area contributed by atoms with Crippen LogP contribution in [0.25, 0.3) is 0 Å². The van der Waals surface area contributed by atoms with Gasteiger partial charge in [0.15, 0.2) is 0 Å². The minimum absolute atomic E-state index is 0.00407.